The van der Waals surface area contributed by atoms with Crippen LogP contribution in [-0.4, -0.2) is 10.9 Å². The molecule has 4 rings (SSSR count). The molecule has 1 aromatic carbocycles. The number of hydrogen-bond acceptors (Lipinski definition) is 5. The van der Waals surface area contributed by atoms with Gasteiger partial charge in [-0.1, -0.05) is 12.1 Å². The number of thiophene rings is 1. The van der Waals surface area contributed by atoms with Crippen molar-refractivity contribution in [2.24, 2.45) is 0 Å². The molecule has 4 nitrogen and oxygen atoms in total. The first-order chi connectivity index (χ1) is 12.1. The zero-order valence-electron chi connectivity index (χ0n) is 13.8. The molecular weight excluding hydrogens is 352 g/mol. The fraction of sp³-hybridized carbons (Fsp3) is 0.158. The molecule has 1 amide bonds. The fourth-order valence-electron chi connectivity index (χ4n) is 2.58. The van der Waals surface area contributed by atoms with Gasteiger partial charge in [0.05, 0.1) is 26.0 Å². The molecule has 3 heterocycles. The van der Waals surface area contributed by atoms with Crippen molar-refractivity contribution >= 4 is 38.8 Å². The van der Waals surface area contributed by atoms with Gasteiger partial charge in [-0.15, -0.1) is 22.7 Å². The molecule has 1 N–H and O–H groups in total. The summed E-state index contributed by atoms with van der Waals surface area (Å²) >= 11 is 3.10. The van der Waals surface area contributed by atoms with Crippen molar-refractivity contribution in [1.29, 1.82) is 0 Å². The fourth-order valence-corrected chi connectivity index (χ4v) is 4.51. The predicted molar refractivity (Wildman–Crippen MR) is 102 cm³/mol. The number of rotatable bonds is 4. The summed E-state index contributed by atoms with van der Waals surface area (Å²) in [6.07, 6.45) is 0. The lowest BCUT2D eigenvalue weighted by Gasteiger charge is -2.10. The number of carbonyl (C=O) groups is 1. The molecule has 0 bridgehead atoms. The van der Waals surface area contributed by atoms with Crippen LogP contribution in [-0.2, 0) is 0 Å². The summed E-state index contributed by atoms with van der Waals surface area (Å²) in [6.45, 7) is 3.81. The smallest absolute Gasteiger partial charge is 0.261 e. The van der Waals surface area contributed by atoms with Crippen LogP contribution < -0.4 is 5.32 Å². The van der Waals surface area contributed by atoms with Gasteiger partial charge in [-0.05, 0) is 50.2 Å². The maximum Gasteiger partial charge on any atom is 0.261 e. The molecule has 0 spiro atoms. The van der Waals surface area contributed by atoms with Crippen LogP contribution in [0.15, 0.2) is 52.9 Å². The molecular formula is C19H16N2O2S2. The van der Waals surface area contributed by atoms with Gasteiger partial charge in [0, 0.05) is 0 Å². The van der Waals surface area contributed by atoms with Crippen LogP contribution in [0.1, 0.15) is 34.2 Å². The minimum atomic E-state index is -0.172. The molecule has 0 aliphatic heterocycles. The Balaban J connectivity index is 1.53. The topological polar surface area (TPSA) is 55.1 Å². The first-order valence-corrected chi connectivity index (χ1v) is 9.56. The van der Waals surface area contributed by atoms with E-state index in [9.17, 15) is 4.79 Å². The number of nitrogens with one attached hydrogen (secondary N) is 1. The highest BCUT2D eigenvalue weighted by atomic mass is 32.1. The van der Waals surface area contributed by atoms with Crippen LogP contribution in [0.25, 0.3) is 20.1 Å². The lowest BCUT2D eigenvalue weighted by molar-refractivity contribution is 0.0939. The van der Waals surface area contributed by atoms with Crippen molar-refractivity contribution in [1.82, 2.24) is 10.3 Å². The molecule has 1 atom stereocenters. The lowest BCUT2D eigenvalue weighted by Crippen LogP contribution is -2.25. The molecule has 126 valence electrons. The monoisotopic (exact) mass is 368 g/mol. The number of benzene rings is 1. The average Bonchev–Trinajstić information content (AvgIpc) is 3.33. The van der Waals surface area contributed by atoms with E-state index in [1.807, 2.05) is 56.3 Å². The summed E-state index contributed by atoms with van der Waals surface area (Å²) in [5, 5.41) is 3.92. The Bertz CT molecular complexity index is 1010. The second-order valence-corrected chi connectivity index (χ2v) is 7.91. The van der Waals surface area contributed by atoms with Gasteiger partial charge in [-0.25, -0.2) is 4.98 Å². The van der Waals surface area contributed by atoms with Gasteiger partial charge in [0.1, 0.15) is 16.5 Å². The van der Waals surface area contributed by atoms with Crippen LogP contribution in [0.3, 0.4) is 0 Å². The van der Waals surface area contributed by atoms with E-state index in [0.717, 1.165) is 31.6 Å². The number of fused-ring (bicyclic) bond motifs is 1. The van der Waals surface area contributed by atoms with Crippen LogP contribution >= 0.6 is 22.7 Å². The molecule has 0 saturated carbocycles. The van der Waals surface area contributed by atoms with E-state index >= 15 is 0 Å². The maximum absolute atomic E-state index is 12.5. The Morgan fingerprint density at radius 2 is 1.96 bits per heavy atom. The van der Waals surface area contributed by atoms with Crippen molar-refractivity contribution in [3.05, 3.63) is 64.9 Å². The van der Waals surface area contributed by atoms with Crippen molar-refractivity contribution in [3.63, 3.8) is 0 Å². The maximum atomic E-state index is 12.5. The summed E-state index contributed by atoms with van der Waals surface area (Å²) < 4.78 is 6.72. The largest absolute Gasteiger partial charge is 0.464 e. The molecule has 6 heteroatoms. The minimum absolute atomic E-state index is 0.0982. The Kier molecular flexibility index (Phi) is 4.15. The quantitative estimate of drug-likeness (QED) is 0.523. The zero-order chi connectivity index (χ0) is 17.4. The van der Waals surface area contributed by atoms with Gasteiger partial charge in [0.2, 0.25) is 0 Å². The third-order valence-corrected chi connectivity index (χ3v) is 6.16. The van der Waals surface area contributed by atoms with E-state index in [4.69, 9.17) is 4.42 Å². The number of nitrogens with zero attached hydrogens (tertiary/aromatic N) is 1. The van der Waals surface area contributed by atoms with Crippen molar-refractivity contribution in [3.8, 4) is 9.88 Å². The van der Waals surface area contributed by atoms with Crippen LogP contribution in [0.2, 0.25) is 0 Å². The number of aryl methyl sites for hydroxylation is 1. The predicted octanol–water partition coefficient (Wildman–Crippen LogP) is 5.42. The number of amides is 1. The number of carbonyl (C=O) groups excluding carboxylic acids is 1. The highest BCUT2D eigenvalue weighted by molar-refractivity contribution is 7.26. The van der Waals surface area contributed by atoms with E-state index in [0.29, 0.717) is 4.88 Å². The van der Waals surface area contributed by atoms with Gasteiger partial charge in [-0.3, -0.25) is 4.79 Å². The molecule has 3 aromatic heterocycles. The number of para-hydroxylation sites is 1. The third-order valence-electron chi connectivity index (χ3n) is 3.87. The molecule has 4 aromatic rings. The molecule has 0 saturated heterocycles. The van der Waals surface area contributed by atoms with E-state index in [-0.39, 0.29) is 11.9 Å². The van der Waals surface area contributed by atoms with Gasteiger partial charge in [0.25, 0.3) is 5.91 Å². The van der Waals surface area contributed by atoms with Crippen LogP contribution in [0, 0.1) is 6.92 Å². The van der Waals surface area contributed by atoms with Gasteiger partial charge in [0.15, 0.2) is 0 Å². The number of hydrogen-bond donors (Lipinski definition) is 1. The second kappa shape index (κ2) is 6.46. The summed E-state index contributed by atoms with van der Waals surface area (Å²) in [4.78, 5) is 18.8. The van der Waals surface area contributed by atoms with E-state index < -0.39 is 0 Å². The highest BCUT2D eigenvalue weighted by Gasteiger charge is 2.17. The minimum Gasteiger partial charge on any atom is -0.464 e. The Hall–Kier alpha value is -2.44. The number of thiazole rings is 1. The molecule has 0 fully saturated rings. The molecule has 0 aliphatic carbocycles. The van der Waals surface area contributed by atoms with Crippen molar-refractivity contribution in [2.75, 3.05) is 0 Å². The normalized spacial score (nSPS) is 12.4. The lowest BCUT2D eigenvalue weighted by atomic mass is 10.2. The van der Waals surface area contributed by atoms with Crippen molar-refractivity contribution < 1.29 is 9.21 Å². The van der Waals surface area contributed by atoms with E-state index in [2.05, 4.69) is 16.4 Å². The Morgan fingerprint density at radius 3 is 2.72 bits per heavy atom. The summed E-state index contributed by atoms with van der Waals surface area (Å²) in [5.41, 5.74) is 0.990. The second-order valence-electron chi connectivity index (χ2n) is 5.79. The SMILES string of the molecule is Cc1ccc(C(C)NC(=O)c2ccc(-c3nc4ccccc4s3)s2)o1. The van der Waals surface area contributed by atoms with Gasteiger partial charge < -0.3 is 9.73 Å². The molecule has 0 radical (unpaired) electrons. The first-order valence-electron chi connectivity index (χ1n) is 7.93. The standard InChI is InChI=1S/C19H16N2O2S2/c1-11-7-8-14(23-11)12(2)20-18(22)16-9-10-17(24-16)19-21-13-5-3-4-6-15(13)25-19/h3-10,12H,1-2H3,(H,20,22). The highest BCUT2D eigenvalue weighted by Crippen LogP contribution is 2.34. The van der Waals surface area contributed by atoms with Gasteiger partial charge >= 0.3 is 0 Å². The third kappa shape index (κ3) is 3.23. The number of furan rings is 1. The van der Waals surface area contributed by atoms with Gasteiger partial charge in [-0.2, -0.15) is 0 Å². The summed E-state index contributed by atoms with van der Waals surface area (Å²) in [6, 6.07) is 15.5. The summed E-state index contributed by atoms with van der Waals surface area (Å²) in [7, 11) is 0. The Morgan fingerprint density at radius 1 is 1.12 bits per heavy atom. The van der Waals surface area contributed by atoms with Crippen LogP contribution in [0.4, 0.5) is 0 Å². The molecule has 1 unspecified atom stereocenters. The van der Waals surface area contributed by atoms with Crippen molar-refractivity contribution in [2.45, 2.75) is 19.9 Å². The Labute approximate surface area is 153 Å². The first kappa shape index (κ1) is 16.1. The summed E-state index contributed by atoms with van der Waals surface area (Å²) in [5.74, 6) is 1.50. The zero-order valence-corrected chi connectivity index (χ0v) is 15.4. The molecule has 0 aliphatic rings. The van der Waals surface area contributed by atoms with E-state index in [1.54, 1.807) is 11.3 Å². The van der Waals surface area contributed by atoms with E-state index in [1.165, 1.54) is 11.3 Å². The number of aromatic nitrogens is 1. The molecule has 25 heavy (non-hydrogen) atoms. The average molecular weight is 368 g/mol. The van der Waals surface area contributed by atoms with Crippen LogP contribution in [0.5, 0.6) is 0 Å².